The molecule has 21 heavy (non-hydrogen) atoms. The summed E-state index contributed by atoms with van der Waals surface area (Å²) in [6.45, 7) is 4.94. The molecule has 0 radical (unpaired) electrons. The first-order valence-corrected chi connectivity index (χ1v) is 7.00. The summed E-state index contributed by atoms with van der Waals surface area (Å²) in [5.41, 5.74) is -0.557. The molecule has 0 saturated heterocycles. The first-order chi connectivity index (χ1) is 9.93. The molecule has 0 saturated carbocycles. The van der Waals surface area contributed by atoms with Crippen LogP contribution in [0.15, 0.2) is 12.3 Å². The number of amides is 1. The van der Waals surface area contributed by atoms with E-state index in [1.807, 2.05) is 13.8 Å². The highest BCUT2D eigenvalue weighted by atomic mass is 35.5. The van der Waals surface area contributed by atoms with E-state index >= 15 is 0 Å². The molecule has 1 aromatic heterocycles. The highest BCUT2D eigenvalue weighted by Gasteiger charge is 2.24. The van der Waals surface area contributed by atoms with Crippen LogP contribution in [0.2, 0.25) is 5.15 Å². The lowest BCUT2D eigenvalue weighted by Crippen LogP contribution is -2.25. The highest BCUT2D eigenvalue weighted by Crippen LogP contribution is 2.25. The standard InChI is InChI=1S/C13H18ClN3O4/c1-9(2)21-8-4-3-6-16-13(18)10-5-7-15-12(14)11(10)17(19)20/h5,7,9H,3-4,6,8H2,1-2H3,(H,16,18). The van der Waals surface area contributed by atoms with Crippen LogP contribution in [0.3, 0.4) is 0 Å². The predicted molar refractivity (Wildman–Crippen MR) is 78.6 cm³/mol. The summed E-state index contributed by atoms with van der Waals surface area (Å²) < 4.78 is 5.37. The summed E-state index contributed by atoms with van der Waals surface area (Å²) in [5, 5.41) is 13.2. The van der Waals surface area contributed by atoms with E-state index in [9.17, 15) is 14.9 Å². The number of carbonyl (C=O) groups excluding carboxylic acids is 1. The van der Waals surface area contributed by atoms with Crippen LogP contribution in [0, 0.1) is 10.1 Å². The maximum atomic E-state index is 11.9. The highest BCUT2D eigenvalue weighted by molar-refractivity contribution is 6.32. The number of unbranched alkanes of at least 4 members (excludes halogenated alkanes) is 1. The Morgan fingerprint density at radius 2 is 2.24 bits per heavy atom. The minimum atomic E-state index is -0.708. The molecule has 0 unspecified atom stereocenters. The SMILES string of the molecule is CC(C)OCCCCNC(=O)c1ccnc(Cl)c1[N+](=O)[O-]. The molecule has 0 aromatic carbocycles. The summed E-state index contributed by atoms with van der Waals surface area (Å²) in [5.74, 6) is -0.532. The van der Waals surface area contributed by atoms with Gasteiger partial charge in [-0.05, 0) is 32.8 Å². The number of pyridine rings is 1. The van der Waals surface area contributed by atoms with Gasteiger partial charge >= 0.3 is 5.69 Å². The monoisotopic (exact) mass is 315 g/mol. The van der Waals surface area contributed by atoms with E-state index in [4.69, 9.17) is 16.3 Å². The largest absolute Gasteiger partial charge is 0.379 e. The molecule has 0 aliphatic carbocycles. The van der Waals surface area contributed by atoms with Crippen molar-refractivity contribution in [2.24, 2.45) is 0 Å². The molecule has 1 amide bonds. The number of halogens is 1. The molecule has 0 aliphatic heterocycles. The minimum absolute atomic E-state index is 0.0848. The number of ether oxygens (including phenoxy) is 1. The second-order valence-electron chi connectivity index (χ2n) is 4.64. The molecular weight excluding hydrogens is 298 g/mol. The zero-order valence-electron chi connectivity index (χ0n) is 12.0. The number of carbonyl (C=O) groups is 1. The zero-order chi connectivity index (χ0) is 15.8. The lowest BCUT2D eigenvalue weighted by molar-refractivity contribution is -0.385. The fourth-order valence-electron chi connectivity index (χ4n) is 1.63. The van der Waals surface area contributed by atoms with Crippen molar-refractivity contribution >= 4 is 23.2 Å². The van der Waals surface area contributed by atoms with Crippen molar-refractivity contribution in [1.29, 1.82) is 0 Å². The molecule has 0 fully saturated rings. The molecule has 8 heteroatoms. The zero-order valence-corrected chi connectivity index (χ0v) is 12.7. The second kappa shape index (κ2) is 8.53. The Morgan fingerprint density at radius 3 is 2.86 bits per heavy atom. The van der Waals surface area contributed by atoms with Gasteiger partial charge in [-0.3, -0.25) is 14.9 Å². The fraction of sp³-hybridized carbons (Fsp3) is 0.538. The van der Waals surface area contributed by atoms with Crippen molar-refractivity contribution in [3.8, 4) is 0 Å². The van der Waals surface area contributed by atoms with Gasteiger partial charge in [0, 0.05) is 19.3 Å². The average molecular weight is 316 g/mol. The van der Waals surface area contributed by atoms with Crippen LogP contribution in [0.5, 0.6) is 0 Å². The number of nitrogens with zero attached hydrogens (tertiary/aromatic N) is 2. The molecule has 0 spiro atoms. The number of nitrogens with one attached hydrogen (secondary N) is 1. The third kappa shape index (κ3) is 5.65. The van der Waals surface area contributed by atoms with Gasteiger partial charge in [-0.25, -0.2) is 4.98 Å². The molecule has 7 nitrogen and oxygen atoms in total. The minimum Gasteiger partial charge on any atom is -0.379 e. The van der Waals surface area contributed by atoms with Crippen LogP contribution in [0.4, 0.5) is 5.69 Å². The van der Waals surface area contributed by atoms with E-state index < -0.39 is 16.5 Å². The Bertz CT molecular complexity index is 508. The van der Waals surface area contributed by atoms with E-state index in [0.29, 0.717) is 13.2 Å². The lowest BCUT2D eigenvalue weighted by Gasteiger charge is -2.08. The number of hydrogen-bond acceptors (Lipinski definition) is 5. The van der Waals surface area contributed by atoms with E-state index in [-0.39, 0.29) is 16.8 Å². The third-order valence-corrected chi connectivity index (χ3v) is 2.89. The van der Waals surface area contributed by atoms with Gasteiger partial charge in [0.1, 0.15) is 5.56 Å². The quantitative estimate of drug-likeness (QED) is 0.344. The summed E-state index contributed by atoms with van der Waals surface area (Å²) in [6, 6.07) is 1.28. The normalized spacial score (nSPS) is 10.7. The number of rotatable bonds is 8. The number of nitro groups is 1. The van der Waals surface area contributed by atoms with E-state index in [1.54, 1.807) is 0 Å². The predicted octanol–water partition coefficient (Wildman–Crippen LogP) is 2.58. The van der Waals surface area contributed by atoms with Crippen molar-refractivity contribution in [3.05, 3.63) is 33.1 Å². The van der Waals surface area contributed by atoms with Crippen LogP contribution < -0.4 is 5.32 Å². The number of hydrogen-bond donors (Lipinski definition) is 1. The Balaban J connectivity index is 2.50. The molecule has 1 N–H and O–H groups in total. The van der Waals surface area contributed by atoms with Crippen molar-refractivity contribution in [3.63, 3.8) is 0 Å². The summed E-state index contributed by atoms with van der Waals surface area (Å²) in [4.78, 5) is 25.7. The van der Waals surface area contributed by atoms with Crippen LogP contribution in [0.25, 0.3) is 0 Å². The van der Waals surface area contributed by atoms with Crippen LogP contribution in [-0.2, 0) is 4.74 Å². The van der Waals surface area contributed by atoms with Crippen molar-refractivity contribution in [2.75, 3.05) is 13.2 Å². The fourth-order valence-corrected chi connectivity index (χ4v) is 1.86. The first kappa shape index (κ1) is 17.3. The van der Waals surface area contributed by atoms with Crippen molar-refractivity contribution in [1.82, 2.24) is 10.3 Å². The Hall–Kier alpha value is -1.73. The van der Waals surface area contributed by atoms with E-state index in [0.717, 1.165) is 12.8 Å². The molecule has 1 aromatic rings. The van der Waals surface area contributed by atoms with Crippen LogP contribution >= 0.6 is 11.6 Å². The van der Waals surface area contributed by atoms with Crippen LogP contribution in [0.1, 0.15) is 37.0 Å². The van der Waals surface area contributed by atoms with Crippen LogP contribution in [-0.4, -0.2) is 35.1 Å². The molecule has 1 heterocycles. The van der Waals surface area contributed by atoms with Gasteiger partial charge in [-0.1, -0.05) is 11.6 Å². The van der Waals surface area contributed by atoms with Gasteiger partial charge in [0.05, 0.1) is 11.0 Å². The van der Waals surface area contributed by atoms with Crippen molar-refractivity contribution in [2.45, 2.75) is 32.8 Å². The summed E-state index contributed by atoms with van der Waals surface area (Å²) in [6.07, 6.45) is 2.98. The summed E-state index contributed by atoms with van der Waals surface area (Å²) in [7, 11) is 0. The molecule has 0 atom stereocenters. The van der Waals surface area contributed by atoms with E-state index in [1.165, 1.54) is 12.3 Å². The van der Waals surface area contributed by atoms with Gasteiger partial charge in [-0.2, -0.15) is 0 Å². The third-order valence-electron chi connectivity index (χ3n) is 2.61. The maximum Gasteiger partial charge on any atom is 0.319 e. The Labute approximate surface area is 127 Å². The molecule has 0 bridgehead atoms. The van der Waals surface area contributed by atoms with Crippen molar-refractivity contribution < 1.29 is 14.5 Å². The second-order valence-corrected chi connectivity index (χ2v) is 5.00. The Morgan fingerprint density at radius 1 is 1.52 bits per heavy atom. The molecule has 1 rings (SSSR count). The summed E-state index contributed by atoms with van der Waals surface area (Å²) >= 11 is 5.65. The molecular formula is C13H18ClN3O4. The van der Waals surface area contributed by atoms with Gasteiger partial charge in [0.15, 0.2) is 0 Å². The average Bonchev–Trinajstić information content (AvgIpc) is 2.41. The first-order valence-electron chi connectivity index (χ1n) is 6.62. The number of aromatic nitrogens is 1. The van der Waals surface area contributed by atoms with Gasteiger partial charge in [0.2, 0.25) is 5.15 Å². The Kier molecular flexibility index (Phi) is 7.04. The van der Waals surface area contributed by atoms with Gasteiger partial charge in [0.25, 0.3) is 5.91 Å². The lowest BCUT2D eigenvalue weighted by atomic mass is 10.2. The molecule has 0 aliphatic rings. The maximum absolute atomic E-state index is 11.9. The van der Waals surface area contributed by atoms with Gasteiger partial charge in [-0.15, -0.1) is 0 Å². The van der Waals surface area contributed by atoms with Gasteiger partial charge < -0.3 is 10.1 Å². The smallest absolute Gasteiger partial charge is 0.319 e. The molecule has 116 valence electrons. The topological polar surface area (TPSA) is 94.4 Å². The van der Waals surface area contributed by atoms with E-state index in [2.05, 4.69) is 10.3 Å².